The molecule has 6 heteroatoms. The average molecular weight is 362 g/mol. The van der Waals surface area contributed by atoms with Gasteiger partial charge in [0.25, 0.3) is 5.91 Å². The number of likely N-dealkylation sites (tertiary alicyclic amines) is 1. The van der Waals surface area contributed by atoms with E-state index in [9.17, 15) is 4.79 Å². The number of fused-ring (bicyclic) bond motifs is 1. The Hall–Kier alpha value is -1.66. The van der Waals surface area contributed by atoms with Gasteiger partial charge in [-0.25, -0.2) is 0 Å². The van der Waals surface area contributed by atoms with E-state index in [1.807, 2.05) is 27.9 Å². The van der Waals surface area contributed by atoms with Gasteiger partial charge < -0.3 is 9.64 Å². The first-order chi connectivity index (χ1) is 10.7. The van der Waals surface area contributed by atoms with Crippen molar-refractivity contribution >= 4 is 21.8 Å². The van der Waals surface area contributed by atoms with E-state index in [4.69, 9.17) is 4.74 Å². The molecule has 0 N–H and O–H groups in total. The van der Waals surface area contributed by atoms with E-state index in [0.717, 1.165) is 4.47 Å². The van der Waals surface area contributed by atoms with Gasteiger partial charge in [-0.3, -0.25) is 9.48 Å². The fourth-order valence-electron chi connectivity index (χ4n) is 3.03. The summed E-state index contributed by atoms with van der Waals surface area (Å²) in [5.74, 6) is 0.0944. The molecule has 22 heavy (non-hydrogen) atoms. The van der Waals surface area contributed by atoms with Crippen molar-refractivity contribution in [2.24, 2.45) is 0 Å². The molecule has 1 unspecified atom stereocenters. The first-order valence-corrected chi connectivity index (χ1v) is 8.17. The molecular formula is C16H16BrN3O2. The summed E-state index contributed by atoms with van der Waals surface area (Å²) in [4.78, 5) is 14.4. The number of hydrogen-bond donors (Lipinski definition) is 0. The van der Waals surface area contributed by atoms with Crippen molar-refractivity contribution in [1.29, 1.82) is 0 Å². The second-order valence-electron chi connectivity index (χ2n) is 5.81. The number of benzene rings is 1. The molecule has 5 nitrogen and oxygen atoms in total. The molecule has 0 bridgehead atoms. The average Bonchev–Trinajstić information content (AvgIpc) is 2.91. The van der Waals surface area contributed by atoms with E-state index >= 15 is 0 Å². The van der Waals surface area contributed by atoms with Crippen LogP contribution >= 0.6 is 15.9 Å². The molecule has 2 aliphatic heterocycles. The van der Waals surface area contributed by atoms with Gasteiger partial charge in [-0.05, 0) is 27.1 Å². The Bertz CT molecular complexity index is 709. The Morgan fingerprint density at radius 3 is 2.77 bits per heavy atom. The molecule has 114 valence electrons. The molecule has 0 saturated carbocycles. The van der Waals surface area contributed by atoms with Crippen molar-refractivity contribution in [3.8, 4) is 0 Å². The van der Waals surface area contributed by atoms with E-state index in [2.05, 4.69) is 33.2 Å². The highest BCUT2D eigenvalue weighted by Gasteiger charge is 2.37. The van der Waals surface area contributed by atoms with Crippen molar-refractivity contribution in [3.05, 3.63) is 52.3 Å². The van der Waals surface area contributed by atoms with Crippen LogP contribution in [0.25, 0.3) is 0 Å². The molecule has 4 rings (SSSR count). The van der Waals surface area contributed by atoms with Crippen LogP contribution in [0.5, 0.6) is 0 Å². The standard InChI is InChI=1S/C16H16BrN3O2/c17-13-6-18-20(7-13)14-8-19(9-14)16(21)15-5-11-3-1-2-4-12(11)10-22-15/h1-4,6-7,14-15H,5,8-10H2. The molecule has 1 amide bonds. The van der Waals surface area contributed by atoms with E-state index in [0.29, 0.717) is 26.1 Å². The summed E-state index contributed by atoms with van der Waals surface area (Å²) in [7, 11) is 0. The van der Waals surface area contributed by atoms with Gasteiger partial charge in [-0.15, -0.1) is 0 Å². The minimum Gasteiger partial charge on any atom is -0.363 e. The van der Waals surface area contributed by atoms with Crippen LogP contribution in [0.15, 0.2) is 41.1 Å². The summed E-state index contributed by atoms with van der Waals surface area (Å²) in [6, 6.07) is 8.43. The number of halogens is 1. The maximum absolute atomic E-state index is 12.5. The van der Waals surface area contributed by atoms with Crippen LogP contribution in [-0.2, 0) is 22.6 Å². The monoisotopic (exact) mass is 361 g/mol. The third kappa shape index (κ3) is 2.46. The second kappa shape index (κ2) is 5.52. The molecule has 1 fully saturated rings. The highest BCUT2D eigenvalue weighted by molar-refractivity contribution is 9.10. The van der Waals surface area contributed by atoms with Gasteiger partial charge in [-0.1, -0.05) is 24.3 Å². The normalized spacial score (nSPS) is 21.3. The third-order valence-electron chi connectivity index (χ3n) is 4.36. The molecule has 1 aromatic carbocycles. The first kappa shape index (κ1) is 14.0. The van der Waals surface area contributed by atoms with E-state index in [1.165, 1.54) is 11.1 Å². The zero-order chi connectivity index (χ0) is 15.1. The lowest BCUT2D eigenvalue weighted by Gasteiger charge is -2.41. The van der Waals surface area contributed by atoms with Crippen molar-refractivity contribution in [1.82, 2.24) is 14.7 Å². The summed E-state index contributed by atoms with van der Waals surface area (Å²) in [6.45, 7) is 1.93. The molecule has 2 aromatic rings. The number of carbonyl (C=O) groups is 1. The summed E-state index contributed by atoms with van der Waals surface area (Å²) in [6.07, 6.45) is 4.04. The van der Waals surface area contributed by atoms with E-state index in [-0.39, 0.29) is 18.1 Å². The molecule has 1 saturated heterocycles. The van der Waals surface area contributed by atoms with Gasteiger partial charge in [0.2, 0.25) is 0 Å². The second-order valence-corrected chi connectivity index (χ2v) is 6.72. The predicted octanol–water partition coefficient (Wildman–Crippen LogP) is 2.17. The molecule has 1 atom stereocenters. The van der Waals surface area contributed by atoms with Crippen LogP contribution in [0.2, 0.25) is 0 Å². The maximum Gasteiger partial charge on any atom is 0.252 e. The van der Waals surface area contributed by atoms with Crippen molar-refractivity contribution in [3.63, 3.8) is 0 Å². The zero-order valence-corrected chi connectivity index (χ0v) is 13.6. The van der Waals surface area contributed by atoms with Crippen molar-refractivity contribution in [2.45, 2.75) is 25.2 Å². The Morgan fingerprint density at radius 1 is 1.27 bits per heavy atom. The number of nitrogens with zero attached hydrogens (tertiary/aromatic N) is 3. The predicted molar refractivity (Wildman–Crippen MR) is 84.3 cm³/mol. The van der Waals surface area contributed by atoms with Gasteiger partial charge in [0.15, 0.2) is 0 Å². The van der Waals surface area contributed by atoms with Gasteiger partial charge in [0, 0.05) is 25.7 Å². The Labute approximate surface area is 137 Å². The fourth-order valence-corrected chi connectivity index (χ4v) is 3.33. The largest absolute Gasteiger partial charge is 0.363 e. The minimum absolute atomic E-state index is 0.0944. The van der Waals surface area contributed by atoms with Crippen LogP contribution in [0.1, 0.15) is 17.2 Å². The lowest BCUT2D eigenvalue weighted by atomic mass is 9.97. The number of hydrogen-bond acceptors (Lipinski definition) is 3. The summed E-state index contributed by atoms with van der Waals surface area (Å²) >= 11 is 3.39. The maximum atomic E-state index is 12.5. The van der Waals surface area contributed by atoms with Crippen LogP contribution in [0.3, 0.4) is 0 Å². The fraction of sp³-hybridized carbons (Fsp3) is 0.375. The number of carbonyl (C=O) groups excluding carboxylic acids is 1. The van der Waals surface area contributed by atoms with Crippen LogP contribution in [0, 0.1) is 0 Å². The summed E-state index contributed by atoms with van der Waals surface area (Å²) in [5.41, 5.74) is 2.41. The number of ether oxygens (including phenoxy) is 1. The zero-order valence-electron chi connectivity index (χ0n) is 12.0. The Morgan fingerprint density at radius 2 is 2.05 bits per heavy atom. The van der Waals surface area contributed by atoms with E-state index < -0.39 is 0 Å². The molecule has 1 aromatic heterocycles. The number of rotatable bonds is 2. The topological polar surface area (TPSA) is 47.4 Å². The Kier molecular flexibility index (Phi) is 3.50. The quantitative estimate of drug-likeness (QED) is 0.823. The van der Waals surface area contributed by atoms with Crippen LogP contribution < -0.4 is 0 Å². The molecule has 0 spiro atoms. The molecular weight excluding hydrogens is 346 g/mol. The molecule has 0 radical (unpaired) electrons. The molecule has 3 heterocycles. The van der Waals surface area contributed by atoms with Crippen molar-refractivity contribution in [2.75, 3.05) is 13.1 Å². The highest BCUT2D eigenvalue weighted by atomic mass is 79.9. The van der Waals surface area contributed by atoms with Crippen molar-refractivity contribution < 1.29 is 9.53 Å². The summed E-state index contributed by atoms with van der Waals surface area (Å²) in [5, 5.41) is 4.27. The molecule has 0 aliphatic carbocycles. The van der Waals surface area contributed by atoms with Gasteiger partial charge >= 0.3 is 0 Å². The SMILES string of the molecule is O=C(C1Cc2ccccc2CO1)N1CC(n2cc(Br)cn2)C1. The lowest BCUT2D eigenvalue weighted by molar-refractivity contribution is -0.151. The highest BCUT2D eigenvalue weighted by Crippen LogP contribution is 2.26. The van der Waals surface area contributed by atoms with Gasteiger partial charge in [0.05, 0.1) is 23.3 Å². The lowest BCUT2D eigenvalue weighted by Crippen LogP contribution is -2.55. The first-order valence-electron chi connectivity index (χ1n) is 7.37. The third-order valence-corrected chi connectivity index (χ3v) is 4.77. The van der Waals surface area contributed by atoms with Crippen LogP contribution in [-0.4, -0.2) is 39.8 Å². The smallest absolute Gasteiger partial charge is 0.252 e. The van der Waals surface area contributed by atoms with E-state index in [1.54, 1.807) is 6.20 Å². The van der Waals surface area contributed by atoms with Gasteiger partial charge in [-0.2, -0.15) is 5.10 Å². The van der Waals surface area contributed by atoms with Crippen LogP contribution in [0.4, 0.5) is 0 Å². The number of amides is 1. The molecule has 2 aliphatic rings. The number of aromatic nitrogens is 2. The minimum atomic E-state index is -0.347. The Balaban J connectivity index is 1.38. The summed E-state index contributed by atoms with van der Waals surface area (Å²) < 4.78 is 8.62. The van der Waals surface area contributed by atoms with Gasteiger partial charge in [0.1, 0.15) is 6.10 Å².